The number of ether oxygens (including phenoxy) is 1. The Kier molecular flexibility index (Phi) is 3.67. The Labute approximate surface area is 108 Å². The number of hydrogen-bond acceptors (Lipinski definition) is 2. The van der Waals surface area contributed by atoms with Crippen LogP contribution < -0.4 is 10.5 Å². The molecule has 2 nitrogen and oxygen atoms in total. The zero-order valence-corrected chi connectivity index (χ0v) is 11.1. The van der Waals surface area contributed by atoms with E-state index < -0.39 is 0 Å². The van der Waals surface area contributed by atoms with Crippen molar-refractivity contribution in [1.82, 2.24) is 0 Å². The number of benzene rings is 1. The quantitative estimate of drug-likeness (QED) is 0.787. The fraction of sp³-hybridized carbons (Fsp3) is 0.500. The van der Waals surface area contributed by atoms with E-state index in [2.05, 4.69) is 13.0 Å². The summed E-state index contributed by atoms with van der Waals surface area (Å²) in [4.78, 5) is 0.606. The Hall–Kier alpha value is -1.09. The van der Waals surface area contributed by atoms with E-state index in [9.17, 15) is 0 Å². The van der Waals surface area contributed by atoms with Gasteiger partial charge in [0.25, 0.3) is 0 Å². The van der Waals surface area contributed by atoms with Gasteiger partial charge in [-0.3, -0.25) is 0 Å². The molecule has 92 valence electrons. The molecule has 3 heteroatoms. The van der Waals surface area contributed by atoms with Crippen molar-refractivity contribution in [2.24, 2.45) is 11.1 Å². The number of hydrogen-bond donors (Lipinski definition) is 1. The summed E-state index contributed by atoms with van der Waals surface area (Å²) in [7, 11) is 0. The van der Waals surface area contributed by atoms with Gasteiger partial charge < -0.3 is 10.5 Å². The molecule has 1 aromatic rings. The summed E-state index contributed by atoms with van der Waals surface area (Å²) < 4.78 is 5.94. The molecule has 2 N–H and O–H groups in total. The van der Waals surface area contributed by atoms with Gasteiger partial charge >= 0.3 is 0 Å². The monoisotopic (exact) mass is 249 g/mol. The van der Waals surface area contributed by atoms with Gasteiger partial charge in [0.2, 0.25) is 0 Å². The number of para-hydroxylation sites is 1. The summed E-state index contributed by atoms with van der Waals surface area (Å²) in [5.74, 6) is 1.00. The van der Waals surface area contributed by atoms with Crippen LogP contribution in [0.2, 0.25) is 0 Å². The van der Waals surface area contributed by atoms with E-state index in [4.69, 9.17) is 22.7 Å². The van der Waals surface area contributed by atoms with Crippen LogP contribution in [0.4, 0.5) is 0 Å². The van der Waals surface area contributed by atoms with Crippen LogP contribution in [0.15, 0.2) is 24.3 Å². The molecular formula is C14H19NOS. The van der Waals surface area contributed by atoms with Crippen molar-refractivity contribution < 1.29 is 4.74 Å². The third kappa shape index (κ3) is 3.19. The molecule has 0 heterocycles. The van der Waals surface area contributed by atoms with Crippen LogP contribution in [0, 0.1) is 5.41 Å². The van der Waals surface area contributed by atoms with Gasteiger partial charge in [-0.15, -0.1) is 0 Å². The van der Waals surface area contributed by atoms with Crippen molar-refractivity contribution in [3.8, 4) is 5.75 Å². The minimum Gasteiger partial charge on any atom is -0.493 e. The largest absolute Gasteiger partial charge is 0.493 e. The molecule has 1 saturated carbocycles. The van der Waals surface area contributed by atoms with E-state index in [1.54, 1.807) is 0 Å². The van der Waals surface area contributed by atoms with Crippen LogP contribution in [-0.4, -0.2) is 11.6 Å². The van der Waals surface area contributed by atoms with Gasteiger partial charge in [0.05, 0.1) is 11.6 Å². The standard InChI is InChI=1S/C14H19NOS/c1-2-11-5-3-4-6-12(11)16-10-14(7-8-14)9-13(15)17/h3-6H,2,7-10H2,1H3,(H2,15,17). The molecule has 0 bridgehead atoms. The van der Waals surface area contributed by atoms with Crippen LogP contribution in [0.1, 0.15) is 31.7 Å². The zero-order chi connectivity index (χ0) is 12.3. The highest BCUT2D eigenvalue weighted by Crippen LogP contribution is 2.49. The van der Waals surface area contributed by atoms with Gasteiger partial charge in [-0.25, -0.2) is 0 Å². The lowest BCUT2D eigenvalue weighted by atomic mass is 10.0. The maximum absolute atomic E-state index is 5.94. The smallest absolute Gasteiger partial charge is 0.122 e. The zero-order valence-electron chi connectivity index (χ0n) is 10.2. The molecule has 0 spiro atoms. The maximum Gasteiger partial charge on any atom is 0.122 e. The van der Waals surface area contributed by atoms with E-state index in [0.717, 1.165) is 25.2 Å². The molecule has 17 heavy (non-hydrogen) atoms. The van der Waals surface area contributed by atoms with Crippen molar-refractivity contribution in [3.63, 3.8) is 0 Å². The topological polar surface area (TPSA) is 35.2 Å². The second-order valence-electron chi connectivity index (χ2n) is 4.89. The first-order valence-corrected chi connectivity index (χ1v) is 6.55. The molecule has 0 radical (unpaired) electrons. The summed E-state index contributed by atoms with van der Waals surface area (Å²) >= 11 is 4.99. The Morgan fingerprint density at radius 3 is 2.71 bits per heavy atom. The van der Waals surface area contributed by atoms with Gasteiger partial charge in [-0.1, -0.05) is 37.3 Å². The normalized spacial score (nSPS) is 16.5. The lowest BCUT2D eigenvalue weighted by molar-refractivity contribution is 0.237. The first-order chi connectivity index (χ1) is 8.15. The van der Waals surface area contributed by atoms with Crippen molar-refractivity contribution in [2.75, 3.05) is 6.61 Å². The Morgan fingerprint density at radius 2 is 2.12 bits per heavy atom. The molecule has 2 rings (SSSR count). The van der Waals surface area contributed by atoms with Gasteiger partial charge in [-0.05, 0) is 30.9 Å². The predicted octanol–water partition coefficient (Wildman–Crippen LogP) is 3.08. The van der Waals surface area contributed by atoms with Crippen LogP contribution in [0.25, 0.3) is 0 Å². The molecule has 1 aromatic carbocycles. The van der Waals surface area contributed by atoms with Crippen molar-refractivity contribution >= 4 is 17.2 Å². The van der Waals surface area contributed by atoms with Crippen LogP contribution in [0.5, 0.6) is 5.75 Å². The molecular weight excluding hydrogens is 230 g/mol. The minimum atomic E-state index is 0.229. The van der Waals surface area contributed by atoms with Crippen LogP contribution in [0.3, 0.4) is 0 Å². The van der Waals surface area contributed by atoms with Crippen molar-refractivity contribution in [1.29, 1.82) is 0 Å². The highest BCUT2D eigenvalue weighted by atomic mass is 32.1. The number of aryl methyl sites for hydroxylation is 1. The van der Waals surface area contributed by atoms with Gasteiger partial charge in [0.1, 0.15) is 5.75 Å². The molecule has 0 saturated heterocycles. The van der Waals surface area contributed by atoms with E-state index >= 15 is 0 Å². The van der Waals surface area contributed by atoms with E-state index in [-0.39, 0.29) is 5.41 Å². The van der Waals surface area contributed by atoms with Gasteiger partial charge in [0, 0.05) is 11.8 Å². The molecule has 0 amide bonds. The van der Waals surface area contributed by atoms with Gasteiger partial charge in [0.15, 0.2) is 0 Å². The number of rotatable bonds is 6. The fourth-order valence-corrected chi connectivity index (χ4v) is 2.39. The fourth-order valence-electron chi connectivity index (χ4n) is 2.09. The Balaban J connectivity index is 1.96. The average molecular weight is 249 g/mol. The lowest BCUT2D eigenvalue weighted by Crippen LogP contribution is -2.21. The lowest BCUT2D eigenvalue weighted by Gasteiger charge is -2.17. The second kappa shape index (κ2) is 5.05. The third-order valence-electron chi connectivity index (χ3n) is 3.39. The van der Waals surface area contributed by atoms with Crippen LogP contribution >= 0.6 is 12.2 Å². The summed E-state index contributed by atoms with van der Waals surface area (Å²) in [6.07, 6.45) is 4.17. The highest BCUT2D eigenvalue weighted by molar-refractivity contribution is 7.80. The number of thiocarbonyl (C=S) groups is 1. The molecule has 0 unspecified atom stereocenters. The van der Waals surface area contributed by atoms with Crippen molar-refractivity contribution in [2.45, 2.75) is 32.6 Å². The summed E-state index contributed by atoms with van der Waals surface area (Å²) in [6, 6.07) is 8.22. The summed E-state index contributed by atoms with van der Waals surface area (Å²) in [6.45, 7) is 2.88. The second-order valence-corrected chi connectivity index (χ2v) is 5.42. The van der Waals surface area contributed by atoms with Crippen LogP contribution in [-0.2, 0) is 6.42 Å². The number of nitrogens with two attached hydrogens (primary N) is 1. The molecule has 0 aliphatic heterocycles. The van der Waals surface area contributed by atoms with E-state index in [0.29, 0.717) is 4.99 Å². The molecule has 1 aliphatic carbocycles. The highest BCUT2D eigenvalue weighted by Gasteiger charge is 2.43. The summed E-state index contributed by atoms with van der Waals surface area (Å²) in [5, 5.41) is 0. The SMILES string of the molecule is CCc1ccccc1OCC1(CC(N)=S)CC1. The first-order valence-electron chi connectivity index (χ1n) is 6.14. The molecule has 1 aliphatic rings. The molecule has 0 atom stereocenters. The molecule has 1 fully saturated rings. The summed E-state index contributed by atoms with van der Waals surface area (Å²) in [5.41, 5.74) is 7.11. The molecule has 0 aromatic heterocycles. The first kappa shape index (κ1) is 12.4. The predicted molar refractivity (Wildman–Crippen MR) is 74.4 cm³/mol. The van der Waals surface area contributed by atoms with E-state index in [1.165, 1.54) is 18.4 Å². The maximum atomic E-state index is 5.94. The minimum absolute atomic E-state index is 0.229. The Morgan fingerprint density at radius 1 is 1.41 bits per heavy atom. The average Bonchev–Trinajstić information content (AvgIpc) is 3.06. The third-order valence-corrected chi connectivity index (χ3v) is 3.54. The van der Waals surface area contributed by atoms with Crippen molar-refractivity contribution in [3.05, 3.63) is 29.8 Å². The van der Waals surface area contributed by atoms with E-state index in [1.807, 2.05) is 18.2 Å². The van der Waals surface area contributed by atoms with Gasteiger partial charge in [-0.2, -0.15) is 0 Å². The Bertz CT molecular complexity index is 412.